The summed E-state index contributed by atoms with van der Waals surface area (Å²) in [5.74, 6) is -0.0679. The van der Waals surface area contributed by atoms with Gasteiger partial charge in [-0.25, -0.2) is 13.1 Å². The van der Waals surface area contributed by atoms with Gasteiger partial charge in [0, 0.05) is 24.7 Å². The van der Waals surface area contributed by atoms with Crippen LogP contribution in [0.1, 0.15) is 18.5 Å². The van der Waals surface area contributed by atoms with E-state index in [1.165, 1.54) is 6.92 Å². The SMILES string of the molecule is Cc1[nH]c(=O)sc1S(=O)(=O)NCC1CCC(=O)N1. The quantitative estimate of drug-likeness (QED) is 0.681. The molecule has 1 atom stereocenters. The van der Waals surface area contributed by atoms with E-state index in [2.05, 4.69) is 15.0 Å². The minimum Gasteiger partial charge on any atom is -0.352 e. The fourth-order valence-electron chi connectivity index (χ4n) is 1.75. The van der Waals surface area contributed by atoms with Crippen molar-refractivity contribution in [1.82, 2.24) is 15.0 Å². The Morgan fingerprint density at radius 1 is 1.44 bits per heavy atom. The molecule has 1 unspecified atom stereocenters. The number of sulfonamides is 1. The van der Waals surface area contributed by atoms with E-state index in [1.54, 1.807) is 0 Å². The van der Waals surface area contributed by atoms with E-state index < -0.39 is 14.9 Å². The summed E-state index contributed by atoms with van der Waals surface area (Å²) in [6.45, 7) is 1.67. The van der Waals surface area contributed by atoms with Crippen molar-refractivity contribution in [1.29, 1.82) is 0 Å². The first-order valence-corrected chi connectivity index (χ1v) is 7.67. The first-order chi connectivity index (χ1) is 8.38. The highest BCUT2D eigenvalue weighted by atomic mass is 32.2. The zero-order valence-electron chi connectivity index (χ0n) is 9.65. The number of thiazole rings is 1. The van der Waals surface area contributed by atoms with Gasteiger partial charge in [-0.2, -0.15) is 0 Å². The Morgan fingerprint density at radius 3 is 2.67 bits per heavy atom. The molecule has 1 aliphatic rings. The van der Waals surface area contributed by atoms with Gasteiger partial charge in [0.1, 0.15) is 0 Å². The van der Waals surface area contributed by atoms with Crippen molar-refractivity contribution in [3.05, 3.63) is 15.4 Å². The van der Waals surface area contributed by atoms with Gasteiger partial charge in [-0.15, -0.1) is 0 Å². The first kappa shape index (κ1) is 13.2. The standard InChI is InChI=1S/C9H13N3O4S2/c1-5-8(17-9(14)11-5)18(15,16)10-4-6-2-3-7(13)12-6/h6,10H,2-4H2,1H3,(H,11,14)(H,12,13). The Balaban J connectivity index is 2.06. The number of carbonyl (C=O) groups is 1. The smallest absolute Gasteiger partial charge is 0.305 e. The van der Waals surface area contributed by atoms with E-state index in [-0.39, 0.29) is 22.7 Å². The number of rotatable bonds is 4. The molecule has 1 fully saturated rings. The molecule has 1 aliphatic heterocycles. The molecule has 0 radical (unpaired) electrons. The molecule has 1 saturated heterocycles. The molecule has 1 aromatic heterocycles. The Hall–Kier alpha value is -1.19. The van der Waals surface area contributed by atoms with Gasteiger partial charge in [0.15, 0.2) is 4.21 Å². The zero-order valence-corrected chi connectivity index (χ0v) is 11.3. The van der Waals surface area contributed by atoms with Crippen molar-refractivity contribution in [3.63, 3.8) is 0 Å². The lowest BCUT2D eigenvalue weighted by Gasteiger charge is -2.11. The number of hydrogen-bond donors (Lipinski definition) is 3. The van der Waals surface area contributed by atoms with Crippen LogP contribution in [0.5, 0.6) is 0 Å². The Kier molecular flexibility index (Phi) is 3.55. The number of hydrogen-bond acceptors (Lipinski definition) is 5. The summed E-state index contributed by atoms with van der Waals surface area (Å²) in [5.41, 5.74) is 0.327. The first-order valence-electron chi connectivity index (χ1n) is 5.37. The van der Waals surface area contributed by atoms with E-state index in [4.69, 9.17) is 0 Å². The van der Waals surface area contributed by atoms with Crippen LogP contribution < -0.4 is 14.9 Å². The molecule has 0 aromatic carbocycles. The summed E-state index contributed by atoms with van der Waals surface area (Å²) in [7, 11) is -3.69. The van der Waals surface area contributed by atoms with Crippen molar-refractivity contribution < 1.29 is 13.2 Å². The normalized spacial score (nSPS) is 20.1. The summed E-state index contributed by atoms with van der Waals surface area (Å²) in [6, 6.07) is -0.178. The number of H-pyrrole nitrogens is 1. The number of nitrogens with one attached hydrogen (secondary N) is 3. The fraction of sp³-hybridized carbons (Fsp3) is 0.556. The maximum atomic E-state index is 11.9. The third kappa shape index (κ3) is 2.79. The minimum absolute atomic E-state index is 0.00294. The molecule has 1 aromatic rings. The monoisotopic (exact) mass is 291 g/mol. The lowest BCUT2D eigenvalue weighted by molar-refractivity contribution is -0.119. The predicted octanol–water partition coefficient (Wildman–Crippen LogP) is -0.698. The van der Waals surface area contributed by atoms with Gasteiger partial charge in [0.25, 0.3) is 10.0 Å². The van der Waals surface area contributed by atoms with Crippen LogP contribution in [0.2, 0.25) is 0 Å². The summed E-state index contributed by atoms with van der Waals surface area (Å²) in [5, 5.41) is 2.67. The predicted molar refractivity (Wildman–Crippen MR) is 66.0 cm³/mol. The Bertz CT molecular complexity index is 616. The van der Waals surface area contributed by atoms with Gasteiger partial charge in [0.05, 0.1) is 0 Å². The molecule has 3 N–H and O–H groups in total. The number of aromatic nitrogens is 1. The van der Waals surface area contributed by atoms with Crippen molar-refractivity contribution in [3.8, 4) is 0 Å². The highest BCUT2D eigenvalue weighted by Crippen LogP contribution is 2.15. The second-order valence-electron chi connectivity index (χ2n) is 4.08. The van der Waals surface area contributed by atoms with Crippen molar-refractivity contribution in [2.24, 2.45) is 0 Å². The van der Waals surface area contributed by atoms with Crippen LogP contribution in [0.15, 0.2) is 9.00 Å². The number of aryl methyl sites for hydroxylation is 1. The molecule has 100 valence electrons. The Morgan fingerprint density at radius 2 is 2.17 bits per heavy atom. The summed E-state index contributed by atoms with van der Waals surface area (Å²) in [4.78, 5) is 24.1. The van der Waals surface area contributed by atoms with Crippen molar-refractivity contribution in [2.75, 3.05) is 6.54 Å². The molecular formula is C9H13N3O4S2. The highest BCUT2D eigenvalue weighted by molar-refractivity contribution is 7.91. The molecular weight excluding hydrogens is 278 g/mol. The Labute approximate surface area is 108 Å². The molecule has 0 aliphatic carbocycles. The minimum atomic E-state index is -3.69. The maximum absolute atomic E-state index is 11.9. The molecule has 9 heteroatoms. The average Bonchev–Trinajstić information content (AvgIpc) is 2.82. The lowest BCUT2D eigenvalue weighted by Crippen LogP contribution is -2.38. The van der Waals surface area contributed by atoms with Crippen LogP contribution >= 0.6 is 11.3 Å². The van der Waals surface area contributed by atoms with Gasteiger partial charge >= 0.3 is 4.87 Å². The number of carbonyl (C=O) groups excluding carboxylic acids is 1. The van der Waals surface area contributed by atoms with E-state index in [1.807, 2.05) is 0 Å². The molecule has 1 amide bonds. The highest BCUT2D eigenvalue weighted by Gasteiger charge is 2.25. The molecule has 0 bridgehead atoms. The average molecular weight is 291 g/mol. The van der Waals surface area contributed by atoms with E-state index in [0.717, 1.165) is 0 Å². The summed E-state index contributed by atoms with van der Waals surface area (Å²) in [6.07, 6.45) is 1.03. The molecule has 7 nitrogen and oxygen atoms in total. The van der Waals surface area contributed by atoms with Crippen molar-refractivity contribution in [2.45, 2.75) is 30.0 Å². The van der Waals surface area contributed by atoms with Gasteiger partial charge in [0.2, 0.25) is 5.91 Å². The van der Waals surface area contributed by atoms with Crippen LogP contribution in [0.3, 0.4) is 0 Å². The number of aromatic amines is 1. The van der Waals surface area contributed by atoms with Crippen LogP contribution in [0, 0.1) is 6.92 Å². The largest absolute Gasteiger partial charge is 0.352 e. The van der Waals surface area contributed by atoms with Crippen LogP contribution in [-0.2, 0) is 14.8 Å². The number of amides is 1. The molecule has 18 heavy (non-hydrogen) atoms. The van der Waals surface area contributed by atoms with E-state index in [0.29, 0.717) is 29.9 Å². The van der Waals surface area contributed by atoms with E-state index in [9.17, 15) is 18.0 Å². The van der Waals surface area contributed by atoms with Crippen LogP contribution in [-0.4, -0.2) is 31.9 Å². The van der Waals surface area contributed by atoms with Gasteiger partial charge in [-0.3, -0.25) is 9.59 Å². The second-order valence-corrected chi connectivity index (χ2v) is 7.03. The molecule has 2 rings (SSSR count). The summed E-state index contributed by atoms with van der Waals surface area (Å²) < 4.78 is 26.3. The zero-order chi connectivity index (χ0) is 13.3. The summed E-state index contributed by atoms with van der Waals surface area (Å²) >= 11 is 0.655. The maximum Gasteiger partial charge on any atom is 0.305 e. The van der Waals surface area contributed by atoms with Crippen LogP contribution in [0.25, 0.3) is 0 Å². The van der Waals surface area contributed by atoms with Gasteiger partial charge < -0.3 is 10.3 Å². The molecule has 0 spiro atoms. The van der Waals surface area contributed by atoms with Gasteiger partial charge in [-0.05, 0) is 13.3 Å². The van der Waals surface area contributed by atoms with Gasteiger partial charge in [-0.1, -0.05) is 11.3 Å². The fourth-order valence-corrected chi connectivity index (χ4v) is 4.18. The van der Waals surface area contributed by atoms with Crippen molar-refractivity contribution >= 4 is 27.3 Å². The second kappa shape index (κ2) is 4.82. The topological polar surface area (TPSA) is 108 Å². The molecule has 0 saturated carbocycles. The molecule has 2 heterocycles. The van der Waals surface area contributed by atoms with E-state index >= 15 is 0 Å². The van der Waals surface area contributed by atoms with Crippen LogP contribution in [0.4, 0.5) is 0 Å². The third-order valence-electron chi connectivity index (χ3n) is 2.63. The third-order valence-corrected chi connectivity index (χ3v) is 5.66. The lowest BCUT2D eigenvalue weighted by atomic mass is 10.2.